The van der Waals surface area contributed by atoms with Crippen molar-refractivity contribution >= 4 is 5.97 Å². The van der Waals surface area contributed by atoms with Crippen LogP contribution in [-0.4, -0.2) is 40.4 Å². The monoisotopic (exact) mass is 524 g/mol. The number of rotatable bonds is 19. The number of carbonyl (C=O) groups is 1. The summed E-state index contributed by atoms with van der Waals surface area (Å²) in [5.74, 6) is 3.58. The summed E-state index contributed by atoms with van der Waals surface area (Å²) in [5.41, 5.74) is 2.58. The van der Waals surface area contributed by atoms with Gasteiger partial charge in [0, 0.05) is 30.9 Å². The Hall–Kier alpha value is -3.01. The lowest BCUT2D eigenvalue weighted by atomic mass is 10.00. The van der Waals surface area contributed by atoms with E-state index in [0.717, 1.165) is 17.5 Å². The maximum absolute atomic E-state index is 12.8. The molecule has 0 saturated carbocycles. The lowest BCUT2D eigenvalue weighted by molar-refractivity contribution is 0.0433. The van der Waals surface area contributed by atoms with Gasteiger partial charge in [-0.2, -0.15) is 0 Å². The van der Waals surface area contributed by atoms with Crippen LogP contribution >= 0.6 is 0 Å². The van der Waals surface area contributed by atoms with Gasteiger partial charge in [0.1, 0.15) is 11.5 Å². The molecule has 0 heterocycles. The summed E-state index contributed by atoms with van der Waals surface area (Å²) in [5, 5.41) is 0. The van der Waals surface area contributed by atoms with Gasteiger partial charge in [0.15, 0.2) is 13.6 Å². The van der Waals surface area contributed by atoms with Crippen molar-refractivity contribution in [2.75, 3.05) is 34.4 Å². The fraction of sp³-hybridized carbons (Fsp3) is 0.531. The molecule has 0 aromatic heterocycles. The first kappa shape index (κ1) is 31.2. The van der Waals surface area contributed by atoms with E-state index in [4.69, 9.17) is 30.1 Å². The van der Waals surface area contributed by atoms with E-state index in [2.05, 4.69) is 19.8 Å². The van der Waals surface area contributed by atoms with Crippen LogP contribution < -0.4 is 9.47 Å². The number of unbranched alkanes of at least 4 members (excludes halogenated alkanes) is 7. The van der Waals surface area contributed by atoms with E-state index in [9.17, 15) is 4.79 Å². The van der Waals surface area contributed by atoms with Crippen molar-refractivity contribution in [3.63, 3.8) is 0 Å². The summed E-state index contributed by atoms with van der Waals surface area (Å²) in [6, 6.07) is 10.7. The van der Waals surface area contributed by atoms with Gasteiger partial charge in [-0.3, -0.25) is 0 Å². The zero-order valence-corrected chi connectivity index (χ0v) is 23.6. The fourth-order valence-corrected chi connectivity index (χ4v) is 4.20. The highest BCUT2D eigenvalue weighted by Gasteiger charge is 2.17. The summed E-state index contributed by atoms with van der Waals surface area (Å²) in [7, 11) is 3.09. The molecule has 0 spiro atoms. The minimum absolute atomic E-state index is 0.0256. The van der Waals surface area contributed by atoms with E-state index >= 15 is 0 Å². The highest BCUT2D eigenvalue weighted by molar-refractivity contribution is 5.91. The molecule has 0 aliphatic carbocycles. The van der Waals surface area contributed by atoms with Gasteiger partial charge in [0.2, 0.25) is 0 Å². The molecule has 0 aliphatic heterocycles. The number of carbonyl (C=O) groups excluding carboxylic acids is 1. The van der Waals surface area contributed by atoms with Crippen LogP contribution in [-0.2, 0) is 14.2 Å². The zero-order chi connectivity index (χ0) is 27.6. The Bertz CT molecular complexity index is 1010. The molecule has 2 aromatic carbocycles. The van der Waals surface area contributed by atoms with E-state index in [-0.39, 0.29) is 19.6 Å². The van der Waals surface area contributed by atoms with Crippen molar-refractivity contribution in [2.24, 2.45) is 5.92 Å². The molecule has 2 rings (SSSR count). The van der Waals surface area contributed by atoms with Crippen molar-refractivity contribution in [2.45, 2.75) is 71.6 Å². The van der Waals surface area contributed by atoms with Crippen LogP contribution in [0.2, 0.25) is 0 Å². The standard InChI is InChI=1S/C32H44O6/c1-6-8-9-10-11-12-13-14-15-25(3)22-36-32(33)27-17-19-29(31(21-27)38-24-35-5)28-18-16-26(7-2)20-30(28)37-23-34-4/h2,16-21,25H,6,8-15,22-24H2,1,3-5H3/t25-/m1/s1. The molecular weight excluding hydrogens is 480 g/mol. The van der Waals surface area contributed by atoms with Gasteiger partial charge >= 0.3 is 5.97 Å². The number of esters is 1. The average molecular weight is 525 g/mol. The zero-order valence-electron chi connectivity index (χ0n) is 23.6. The molecule has 0 saturated heterocycles. The van der Waals surface area contributed by atoms with Crippen molar-refractivity contribution in [1.82, 2.24) is 0 Å². The second-order valence-electron chi connectivity index (χ2n) is 9.64. The molecule has 1 atom stereocenters. The molecule has 2 aromatic rings. The topological polar surface area (TPSA) is 63.2 Å². The van der Waals surface area contributed by atoms with Gasteiger partial charge in [-0.1, -0.05) is 71.1 Å². The van der Waals surface area contributed by atoms with Gasteiger partial charge in [-0.05, 0) is 48.7 Å². The van der Waals surface area contributed by atoms with Gasteiger partial charge in [-0.25, -0.2) is 4.79 Å². The normalized spacial score (nSPS) is 11.6. The molecule has 38 heavy (non-hydrogen) atoms. The number of hydrogen-bond donors (Lipinski definition) is 0. The van der Waals surface area contributed by atoms with Crippen molar-refractivity contribution < 1.29 is 28.5 Å². The molecule has 0 amide bonds. The Labute approximate surface area is 229 Å². The summed E-state index contributed by atoms with van der Waals surface area (Å²) in [4.78, 5) is 12.8. The molecule has 0 unspecified atom stereocenters. The molecule has 0 N–H and O–H groups in total. The quantitative estimate of drug-likeness (QED) is 0.0815. The number of terminal acetylenes is 1. The van der Waals surface area contributed by atoms with Gasteiger partial charge in [0.05, 0.1) is 12.2 Å². The van der Waals surface area contributed by atoms with Crippen LogP contribution in [0.25, 0.3) is 11.1 Å². The van der Waals surface area contributed by atoms with E-state index in [0.29, 0.717) is 35.2 Å². The maximum atomic E-state index is 12.8. The first-order valence-corrected chi connectivity index (χ1v) is 13.7. The van der Waals surface area contributed by atoms with Crippen molar-refractivity contribution in [3.05, 3.63) is 47.5 Å². The Morgan fingerprint density at radius 1 is 0.842 bits per heavy atom. The highest BCUT2D eigenvalue weighted by atomic mass is 16.7. The number of ether oxygens (including phenoxy) is 5. The average Bonchev–Trinajstić information content (AvgIpc) is 2.94. The largest absolute Gasteiger partial charge is 0.467 e. The van der Waals surface area contributed by atoms with Gasteiger partial charge in [-0.15, -0.1) is 6.42 Å². The third-order valence-corrected chi connectivity index (χ3v) is 6.37. The predicted octanol–water partition coefficient (Wildman–Crippen LogP) is 7.62. The lowest BCUT2D eigenvalue weighted by Gasteiger charge is -2.17. The first-order valence-electron chi connectivity index (χ1n) is 13.7. The summed E-state index contributed by atoms with van der Waals surface area (Å²) < 4.78 is 27.4. The Balaban J connectivity index is 2.01. The summed E-state index contributed by atoms with van der Waals surface area (Å²) >= 11 is 0. The van der Waals surface area contributed by atoms with Crippen LogP contribution in [0, 0.1) is 18.3 Å². The molecule has 208 valence electrons. The number of hydrogen-bond acceptors (Lipinski definition) is 6. The molecule has 0 fully saturated rings. The van der Waals surface area contributed by atoms with E-state index in [1.807, 2.05) is 18.2 Å². The van der Waals surface area contributed by atoms with Crippen molar-refractivity contribution in [1.29, 1.82) is 0 Å². The van der Waals surface area contributed by atoms with Crippen LogP contribution in [0.15, 0.2) is 36.4 Å². The summed E-state index contributed by atoms with van der Waals surface area (Å²) in [6.07, 6.45) is 17.0. The maximum Gasteiger partial charge on any atom is 0.338 e. The molecule has 0 bridgehead atoms. The lowest BCUT2D eigenvalue weighted by Crippen LogP contribution is -2.13. The number of benzene rings is 2. The van der Waals surface area contributed by atoms with Crippen LogP contribution in [0.1, 0.15) is 87.6 Å². The fourth-order valence-electron chi connectivity index (χ4n) is 4.20. The van der Waals surface area contributed by atoms with Crippen LogP contribution in [0.5, 0.6) is 11.5 Å². The number of methoxy groups -OCH3 is 2. The van der Waals surface area contributed by atoms with Crippen molar-refractivity contribution in [3.8, 4) is 35.0 Å². The molecule has 6 nitrogen and oxygen atoms in total. The second-order valence-corrected chi connectivity index (χ2v) is 9.64. The predicted molar refractivity (Wildman–Crippen MR) is 151 cm³/mol. The Morgan fingerprint density at radius 3 is 2.03 bits per heavy atom. The van der Waals surface area contributed by atoms with Crippen LogP contribution in [0.3, 0.4) is 0 Å². The smallest absolute Gasteiger partial charge is 0.338 e. The van der Waals surface area contributed by atoms with Gasteiger partial charge < -0.3 is 23.7 Å². The van der Waals surface area contributed by atoms with E-state index in [1.165, 1.54) is 51.4 Å². The SMILES string of the molecule is C#Cc1ccc(-c2ccc(C(=O)OC[C@H](C)CCCCCCCCCC)cc2OCOC)c(OCOC)c1. The first-order chi connectivity index (χ1) is 18.5. The van der Waals surface area contributed by atoms with Gasteiger partial charge in [0.25, 0.3) is 0 Å². The van der Waals surface area contributed by atoms with E-state index < -0.39 is 0 Å². The third-order valence-electron chi connectivity index (χ3n) is 6.37. The minimum Gasteiger partial charge on any atom is -0.467 e. The third kappa shape index (κ3) is 10.8. The van der Waals surface area contributed by atoms with E-state index in [1.54, 1.807) is 32.4 Å². The second kappa shape index (κ2) is 18.3. The molecule has 6 heteroatoms. The van der Waals surface area contributed by atoms with Crippen LogP contribution in [0.4, 0.5) is 0 Å². The highest BCUT2D eigenvalue weighted by Crippen LogP contribution is 2.38. The summed E-state index contributed by atoms with van der Waals surface area (Å²) in [6.45, 7) is 4.86. The molecule has 0 radical (unpaired) electrons. The minimum atomic E-state index is -0.375. The molecule has 0 aliphatic rings. The Kier molecular flexibility index (Phi) is 15.0. The Morgan fingerprint density at radius 2 is 1.42 bits per heavy atom. The molecular formula is C32H44O6.